The molecule has 0 aliphatic carbocycles. The summed E-state index contributed by atoms with van der Waals surface area (Å²) in [5, 5.41) is 3.42. The van der Waals surface area contributed by atoms with E-state index in [1.54, 1.807) is 7.11 Å². The highest BCUT2D eigenvalue weighted by molar-refractivity contribution is 9.11. The average molecular weight is 383 g/mol. The van der Waals surface area contributed by atoms with Crippen LogP contribution in [0, 0.1) is 0 Å². The molecule has 0 heterocycles. The van der Waals surface area contributed by atoms with Gasteiger partial charge in [-0.15, -0.1) is 0 Å². The molecule has 0 atom stereocenters. The lowest BCUT2D eigenvalue weighted by molar-refractivity contribution is 0.412. The molecule has 0 fully saturated rings. The van der Waals surface area contributed by atoms with Crippen LogP contribution in [0.25, 0.3) is 0 Å². The molecule has 0 amide bonds. The second-order valence-electron chi connectivity index (χ2n) is 3.59. The Hall–Kier alpha value is 0.130. The molecule has 1 rings (SSSR count). The molecule has 96 valence electrons. The third kappa shape index (κ3) is 5.10. The van der Waals surface area contributed by atoms with E-state index in [-0.39, 0.29) is 0 Å². The third-order valence-corrected chi connectivity index (χ3v) is 4.30. The van der Waals surface area contributed by atoms with E-state index in [4.69, 9.17) is 4.74 Å². The van der Waals surface area contributed by atoms with E-state index in [0.29, 0.717) is 0 Å². The first kappa shape index (κ1) is 15.2. The molecule has 1 aromatic carbocycles. The predicted molar refractivity (Wildman–Crippen MR) is 84.5 cm³/mol. The number of hydrogen-bond acceptors (Lipinski definition) is 3. The van der Waals surface area contributed by atoms with Crippen molar-refractivity contribution in [3.8, 4) is 5.75 Å². The molecule has 5 heteroatoms. The zero-order valence-corrected chi connectivity index (χ0v) is 14.0. The van der Waals surface area contributed by atoms with Crippen molar-refractivity contribution in [2.24, 2.45) is 0 Å². The summed E-state index contributed by atoms with van der Waals surface area (Å²) in [4.78, 5) is 0. The number of benzene rings is 1. The summed E-state index contributed by atoms with van der Waals surface area (Å²) in [5.41, 5.74) is 1.08. The molecule has 0 radical (unpaired) electrons. The summed E-state index contributed by atoms with van der Waals surface area (Å²) in [5.74, 6) is 2.08. The van der Waals surface area contributed by atoms with Crippen LogP contribution in [-0.4, -0.2) is 25.7 Å². The fraction of sp³-hybridized carbons (Fsp3) is 0.500. The van der Waals surface area contributed by atoms with Crippen LogP contribution < -0.4 is 10.1 Å². The normalized spacial score (nSPS) is 10.4. The van der Waals surface area contributed by atoms with Gasteiger partial charge in [0.05, 0.1) is 17.3 Å². The molecule has 0 aliphatic rings. The molecule has 0 spiro atoms. The standard InChI is InChI=1S/C12H17Br2NOS/c1-16-12-8-11(9(13)7-10(12)14)15-5-3-4-6-17-2/h7-8,15H,3-6H2,1-2H3. The number of halogens is 2. The summed E-state index contributed by atoms with van der Waals surface area (Å²) < 4.78 is 7.28. The molecule has 1 N–H and O–H groups in total. The summed E-state index contributed by atoms with van der Waals surface area (Å²) >= 11 is 8.90. The smallest absolute Gasteiger partial charge is 0.135 e. The number of nitrogens with one attached hydrogen (secondary N) is 1. The molecule has 0 unspecified atom stereocenters. The minimum absolute atomic E-state index is 0.847. The Balaban J connectivity index is 2.52. The van der Waals surface area contributed by atoms with Gasteiger partial charge in [0, 0.05) is 17.1 Å². The summed E-state index contributed by atoms with van der Waals surface area (Å²) in [6.07, 6.45) is 4.58. The van der Waals surface area contributed by atoms with E-state index in [0.717, 1.165) is 26.9 Å². The summed E-state index contributed by atoms with van der Waals surface area (Å²) in [6.45, 7) is 0.990. The van der Waals surface area contributed by atoms with E-state index in [9.17, 15) is 0 Å². The Morgan fingerprint density at radius 3 is 2.65 bits per heavy atom. The highest BCUT2D eigenvalue weighted by atomic mass is 79.9. The van der Waals surface area contributed by atoms with Crippen molar-refractivity contribution in [3.05, 3.63) is 21.1 Å². The fourth-order valence-electron chi connectivity index (χ4n) is 1.42. The quantitative estimate of drug-likeness (QED) is 0.686. The number of unbranched alkanes of at least 4 members (excludes halogenated alkanes) is 1. The topological polar surface area (TPSA) is 21.3 Å². The van der Waals surface area contributed by atoms with Crippen LogP contribution in [0.1, 0.15) is 12.8 Å². The predicted octanol–water partition coefficient (Wildman–Crippen LogP) is 4.78. The van der Waals surface area contributed by atoms with Crippen molar-refractivity contribution in [3.63, 3.8) is 0 Å². The first-order chi connectivity index (χ1) is 8.19. The first-order valence-electron chi connectivity index (χ1n) is 5.45. The lowest BCUT2D eigenvalue weighted by Crippen LogP contribution is -2.03. The molecule has 0 aliphatic heterocycles. The second-order valence-corrected chi connectivity index (χ2v) is 6.29. The number of ether oxygens (including phenoxy) is 1. The van der Waals surface area contributed by atoms with E-state index in [1.165, 1.54) is 18.6 Å². The van der Waals surface area contributed by atoms with E-state index in [2.05, 4.69) is 43.4 Å². The largest absolute Gasteiger partial charge is 0.495 e. The number of thioether (sulfide) groups is 1. The minimum Gasteiger partial charge on any atom is -0.495 e. The minimum atomic E-state index is 0.847. The van der Waals surface area contributed by atoms with Gasteiger partial charge in [0.15, 0.2) is 0 Å². The van der Waals surface area contributed by atoms with Crippen molar-refractivity contribution < 1.29 is 4.74 Å². The van der Waals surface area contributed by atoms with Gasteiger partial charge in [-0.25, -0.2) is 0 Å². The molecule has 1 aromatic rings. The van der Waals surface area contributed by atoms with Gasteiger partial charge in [0.2, 0.25) is 0 Å². The van der Waals surface area contributed by atoms with Crippen molar-refractivity contribution in [2.45, 2.75) is 12.8 Å². The Labute approximate surface area is 124 Å². The highest BCUT2D eigenvalue weighted by Gasteiger charge is 2.06. The lowest BCUT2D eigenvalue weighted by atomic mass is 10.3. The van der Waals surface area contributed by atoms with Gasteiger partial charge in [-0.05, 0) is 62.8 Å². The SMILES string of the molecule is COc1cc(NCCCCSC)c(Br)cc1Br. The maximum Gasteiger partial charge on any atom is 0.135 e. The van der Waals surface area contributed by atoms with Gasteiger partial charge in [0.25, 0.3) is 0 Å². The van der Waals surface area contributed by atoms with E-state index in [1.807, 2.05) is 23.9 Å². The highest BCUT2D eigenvalue weighted by Crippen LogP contribution is 2.34. The van der Waals surface area contributed by atoms with Crippen molar-refractivity contribution in [1.82, 2.24) is 0 Å². The van der Waals surface area contributed by atoms with Crippen LogP contribution in [-0.2, 0) is 0 Å². The Morgan fingerprint density at radius 1 is 1.24 bits per heavy atom. The second kappa shape index (κ2) is 8.27. The first-order valence-corrected chi connectivity index (χ1v) is 8.43. The van der Waals surface area contributed by atoms with Gasteiger partial charge in [-0.2, -0.15) is 11.8 Å². The zero-order valence-electron chi connectivity index (χ0n) is 10.1. The molecule has 0 aromatic heterocycles. The van der Waals surface area contributed by atoms with Gasteiger partial charge < -0.3 is 10.1 Å². The third-order valence-electron chi connectivity index (χ3n) is 2.33. The van der Waals surface area contributed by atoms with E-state index < -0.39 is 0 Å². The Morgan fingerprint density at radius 2 is 2.00 bits per heavy atom. The summed E-state index contributed by atoms with van der Waals surface area (Å²) in [7, 11) is 1.68. The molecular formula is C12H17Br2NOS. The monoisotopic (exact) mass is 381 g/mol. The zero-order chi connectivity index (χ0) is 12.7. The van der Waals surface area contributed by atoms with E-state index >= 15 is 0 Å². The van der Waals surface area contributed by atoms with Gasteiger partial charge in [-0.3, -0.25) is 0 Å². The molecule has 0 bridgehead atoms. The number of rotatable bonds is 7. The van der Waals surface area contributed by atoms with Crippen LogP contribution in [0.2, 0.25) is 0 Å². The van der Waals surface area contributed by atoms with Gasteiger partial charge in [-0.1, -0.05) is 0 Å². The van der Waals surface area contributed by atoms with Crippen LogP contribution in [0.15, 0.2) is 21.1 Å². The molecule has 0 saturated heterocycles. The molecule has 2 nitrogen and oxygen atoms in total. The Bertz CT molecular complexity index is 361. The van der Waals surface area contributed by atoms with Crippen molar-refractivity contribution in [2.75, 3.05) is 31.0 Å². The summed E-state index contributed by atoms with van der Waals surface area (Å²) in [6, 6.07) is 4.01. The molecular weight excluding hydrogens is 366 g/mol. The van der Waals surface area contributed by atoms with Gasteiger partial charge in [0.1, 0.15) is 5.75 Å². The fourth-order valence-corrected chi connectivity index (χ4v) is 3.20. The number of methoxy groups -OCH3 is 1. The van der Waals surface area contributed by atoms with Crippen molar-refractivity contribution in [1.29, 1.82) is 0 Å². The number of anilines is 1. The van der Waals surface area contributed by atoms with Crippen LogP contribution in [0.3, 0.4) is 0 Å². The molecule has 17 heavy (non-hydrogen) atoms. The van der Waals surface area contributed by atoms with Crippen LogP contribution in [0.5, 0.6) is 5.75 Å². The van der Waals surface area contributed by atoms with Gasteiger partial charge >= 0.3 is 0 Å². The Kier molecular flexibility index (Phi) is 7.39. The van der Waals surface area contributed by atoms with Crippen LogP contribution >= 0.6 is 43.6 Å². The average Bonchev–Trinajstić information content (AvgIpc) is 2.31. The maximum atomic E-state index is 5.27. The van der Waals surface area contributed by atoms with Crippen LogP contribution in [0.4, 0.5) is 5.69 Å². The molecule has 0 saturated carbocycles. The lowest BCUT2D eigenvalue weighted by Gasteiger charge is -2.11. The number of hydrogen-bond donors (Lipinski definition) is 1. The maximum absolute atomic E-state index is 5.27. The van der Waals surface area contributed by atoms with Crippen molar-refractivity contribution >= 4 is 49.3 Å².